The maximum Gasteiger partial charge on any atom is 0.192 e. The summed E-state index contributed by atoms with van der Waals surface area (Å²) in [6.45, 7) is 15.7. The molecular weight excluding hydrogens is 436 g/mol. The third-order valence-corrected chi connectivity index (χ3v) is 11.9. The minimum absolute atomic E-state index is 0.00625. The molecule has 1 aliphatic carbocycles. The maximum atomic E-state index is 10.4. The van der Waals surface area contributed by atoms with Crippen LogP contribution in [0.3, 0.4) is 0 Å². The van der Waals surface area contributed by atoms with Crippen molar-refractivity contribution in [3.8, 4) is 5.75 Å². The summed E-state index contributed by atoms with van der Waals surface area (Å²) >= 11 is 0. The first-order chi connectivity index (χ1) is 15.4. The molecule has 1 heterocycles. The normalized spacial score (nSPS) is 30.4. The van der Waals surface area contributed by atoms with Crippen LogP contribution < -0.4 is 4.74 Å². The van der Waals surface area contributed by atoms with E-state index in [1.807, 2.05) is 38.1 Å². The number of ether oxygens (including phenoxy) is 4. The van der Waals surface area contributed by atoms with Crippen LogP contribution in [0.15, 0.2) is 24.3 Å². The number of rotatable bonds is 7. The molecule has 2 aliphatic rings. The van der Waals surface area contributed by atoms with Crippen molar-refractivity contribution in [3.05, 3.63) is 29.8 Å². The van der Waals surface area contributed by atoms with Crippen LogP contribution in [0, 0.1) is 5.92 Å². The fraction of sp³-hybridized carbons (Fsp3) is 0.769. The molecule has 6 nitrogen and oxygen atoms in total. The van der Waals surface area contributed by atoms with E-state index in [-0.39, 0.29) is 42.0 Å². The summed E-state index contributed by atoms with van der Waals surface area (Å²) in [7, 11) is -0.472. The number of hydrogen-bond donors (Lipinski definition) is 1. The lowest BCUT2D eigenvalue weighted by molar-refractivity contribution is -0.176. The van der Waals surface area contributed by atoms with Gasteiger partial charge in [0.15, 0.2) is 14.1 Å². The summed E-state index contributed by atoms with van der Waals surface area (Å²) in [5.74, 6) is 0.143. The molecule has 7 heteroatoms. The Hall–Kier alpha value is -0.963. The highest BCUT2D eigenvalue weighted by Crippen LogP contribution is 2.43. The molecule has 1 aromatic carbocycles. The minimum atomic E-state index is -2.14. The highest BCUT2D eigenvalue weighted by Gasteiger charge is 2.52. The van der Waals surface area contributed by atoms with Gasteiger partial charge in [-0.1, -0.05) is 39.3 Å². The zero-order valence-corrected chi connectivity index (χ0v) is 22.7. The first-order valence-electron chi connectivity index (χ1n) is 12.3. The van der Waals surface area contributed by atoms with Gasteiger partial charge in [0.25, 0.3) is 0 Å². The molecule has 0 amide bonds. The Morgan fingerprint density at radius 3 is 2.30 bits per heavy atom. The molecule has 1 saturated carbocycles. The van der Waals surface area contributed by atoms with E-state index >= 15 is 0 Å². The van der Waals surface area contributed by atoms with E-state index < -0.39 is 14.1 Å². The molecule has 3 rings (SSSR count). The fourth-order valence-electron chi connectivity index (χ4n) is 4.54. The van der Waals surface area contributed by atoms with Gasteiger partial charge >= 0.3 is 0 Å². The molecule has 0 radical (unpaired) electrons. The molecule has 0 bridgehead atoms. The van der Waals surface area contributed by atoms with E-state index in [9.17, 15) is 5.11 Å². The minimum Gasteiger partial charge on any atom is -0.497 e. The first kappa shape index (κ1) is 26.6. The van der Waals surface area contributed by atoms with E-state index in [1.54, 1.807) is 7.11 Å². The van der Waals surface area contributed by atoms with Crippen molar-refractivity contribution < 1.29 is 28.5 Å². The summed E-state index contributed by atoms with van der Waals surface area (Å²) < 4.78 is 31.6. The van der Waals surface area contributed by atoms with E-state index in [1.165, 1.54) is 0 Å². The highest BCUT2D eigenvalue weighted by molar-refractivity contribution is 6.74. The van der Waals surface area contributed by atoms with Crippen LogP contribution in [0.4, 0.5) is 0 Å². The van der Waals surface area contributed by atoms with Gasteiger partial charge in [-0.15, -0.1) is 0 Å². The second-order valence-corrected chi connectivity index (χ2v) is 16.2. The van der Waals surface area contributed by atoms with Gasteiger partial charge in [0.05, 0.1) is 25.9 Å². The largest absolute Gasteiger partial charge is 0.497 e. The topological polar surface area (TPSA) is 66.4 Å². The van der Waals surface area contributed by atoms with Crippen LogP contribution in [0.5, 0.6) is 5.75 Å². The van der Waals surface area contributed by atoms with Gasteiger partial charge in [0, 0.05) is 12.5 Å². The zero-order chi connectivity index (χ0) is 24.4. The molecule has 5 atom stereocenters. The number of aliphatic hydroxyl groups is 1. The molecule has 0 aromatic heterocycles. The zero-order valence-electron chi connectivity index (χ0n) is 21.7. The molecule has 188 valence electrons. The molecule has 1 N–H and O–H groups in total. The average molecular weight is 481 g/mol. The Morgan fingerprint density at radius 2 is 1.73 bits per heavy atom. The molecular formula is C26H44O6Si. The molecule has 0 unspecified atom stereocenters. The summed E-state index contributed by atoms with van der Waals surface area (Å²) in [6, 6.07) is 7.92. The van der Waals surface area contributed by atoms with Crippen molar-refractivity contribution >= 4 is 8.32 Å². The predicted molar refractivity (Wildman–Crippen MR) is 132 cm³/mol. The average Bonchev–Trinajstić information content (AvgIpc) is 3.03. The predicted octanol–water partition coefficient (Wildman–Crippen LogP) is 5.28. The Labute approximate surface area is 201 Å². The van der Waals surface area contributed by atoms with Crippen molar-refractivity contribution in [2.24, 2.45) is 5.92 Å². The van der Waals surface area contributed by atoms with Crippen LogP contribution >= 0.6 is 0 Å². The standard InChI is InChI=1S/C26H44O6Si/c1-25(2,3)33(7,8)32-22-19(16-27)10-9-11-21-23(31-26(4,5)30-21)24(22)29-17-18-12-14-20(28-6)15-13-18/h12-15,19,21-24,27H,9-11,16-17H2,1-8H3/t19-,21-,22+,23-,24+/m1/s1. The summed E-state index contributed by atoms with van der Waals surface area (Å²) in [6.07, 6.45) is 1.83. The Kier molecular flexibility index (Phi) is 8.35. The van der Waals surface area contributed by atoms with Crippen LogP contribution in [-0.2, 0) is 25.2 Å². The van der Waals surface area contributed by atoms with Gasteiger partial charge in [0.2, 0.25) is 0 Å². The molecule has 0 spiro atoms. The van der Waals surface area contributed by atoms with Crippen molar-refractivity contribution in [1.82, 2.24) is 0 Å². The highest BCUT2D eigenvalue weighted by atomic mass is 28.4. The van der Waals surface area contributed by atoms with Gasteiger partial charge in [0.1, 0.15) is 18.0 Å². The quantitative estimate of drug-likeness (QED) is 0.536. The van der Waals surface area contributed by atoms with Crippen LogP contribution in [-0.4, -0.2) is 57.3 Å². The molecule has 1 aliphatic heterocycles. The summed E-state index contributed by atoms with van der Waals surface area (Å²) in [4.78, 5) is 0. The van der Waals surface area contributed by atoms with Crippen LogP contribution in [0.2, 0.25) is 18.1 Å². The molecule has 33 heavy (non-hydrogen) atoms. The number of benzene rings is 1. The lowest BCUT2D eigenvalue weighted by atomic mass is 9.84. The van der Waals surface area contributed by atoms with Crippen LogP contribution in [0.25, 0.3) is 0 Å². The van der Waals surface area contributed by atoms with Gasteiger partial charge < -0.3 is 28.5 Å². The van der Waals surface area contributed by atoms with Gasteiger partial charge in [-0.3, -0.25) is 0 Å². The van der Waals surface area contributed by atoms with Gasteiger partial charge in [-0.05, 0) is 62.5 Å². The summed E-state index contributed by atoms with van der Waals surface area (Å²) in [5, 5.41) is 10.4. The third-order valence-electron chi connectivity index (χ3n) is 7.47. The second-order valence-electron chi connectivity index (χ2n) is 11.5. The lowest BCUT2D eigenvalue weighted by Gasteiger charge is -2.46. The number of aliphatic hydroxyl groups excluding tert-OH is 1. The Morgan fingerprint density at radius 1 is 1.06 bits per heavy atom. The van der Waals surface area contributed by atoms with Crippen molar-refractivity contribution in [2.75, 3.05) is 13.7 Å². The van der Waals surface area contributed by atoms with Gasteiger partial charge in [-0.2, -0.15) is 0 Å². The van der Waals surface area contributed by atoms with E-state index in [4.69, 9.17) is 23.4 Å². The molecule has 2 fully saturated rings. The first-order valence-corrected chi connectivity index (χ1v) is 15.2. The third kappa shape index (κ3) is 6.38. The smallest absolute Gasteiger partial charge is 0.192 e. The van der Waals surface area contributed by atoms with Gasteiger partial charge in [-0.25, -0.2) is 0 Å². The van der Waals surface area contributed by atoms with Crippen molar-refractivity contribution in [1.29, 1.82) is 0 Å². The number of hydrogen-bond acceptors (Lipinski definition) is 6. The number of fused-ring (bicyclic) bond motifs is 1. The Balaban J connectivity index is 1.93. The second kappa shape index (κ2) is 10.3. The van der Waals surface area contributed by atoms with Crippen LogP contribution in [0.1, 0.15) is 59.4 Å². The maximum absolute atomic E-state index is 10.4. The lowest BCUT2D eigenvalue weighted by Crippen LogP contribution is -2.56. The van der Waals surface area contributed by atoms with E-state index in [0.717, 1.165) is 30.6 Å². The van der Waals surface area contributed by atoms with Crippen molar-refractivity contribution in [2.45, 2.75) is 109 Å². The van der Waals surface area contributed by atoms with Crippen molar-refractivity contribution in [3.63, 3.8) is 0 Å². The van der Waals surface area contributed by atoms with E-state index in [2.05, 4.69) is 33.9 Å². The summed E-state index contributed by atoms with van der Waals surface area (Å²) in [5.41, 5.74) is 1.05. The fourth-order valence-corrected chi connectivity index (χ4v) is 5.91. The van der Waals surface area contributed by atoms with E-state index in [0.29, 0.717) is 6.61 Å². The monoisotopic (exact) mass is 480 g/mol. The Bertz CT molecular complexity index is 757. The SMILES string of the molecule is COc1ccc(CO[C@H]2[C@@H](O[Si](C)(C)C(C)(C)C)[C@@H](CO)CCC[C@H]3OC(C)(C)O[C@@H]23)cc1. The molecule has 1 aromatic rings. The number of methoxy groups -OCH3 is 1. The molecule has 1 saturated heterocycles.